The van der Waals surface area contributed by atoms with Crippen molar-refractivity contribution in [1.29, 1.82) is 0 Å². The van der Waals surface area contributed by atoms with Crippen LogP contribution in [0.2, 0.25) is 0 Å². The van der Waals surface area contributed by atoms with E-state index in [4.69, 9.17) is 10.5 Å². The number of phenolic OH excluding ortho intramolecular Hbond substituents is 1. The van der Waals surface area contributed by atoms with Gasteiger partial charge in [-0.25, -0.2) is 4.39 Å². The van der Waals surface area contributed by atoms with Crippen molar-refractivity contribution in [2.45, 2.75) is 37.6 Å². The van der Waals surface area contributed by atoms with Crippen molar-refractivity contribution in [3.63, 3.8) is 0 Å². The van der Waals surface area contributed by atoms with Gasteiger partial charge in [0.15, 0.2) is 5.60 Å². The molecule has 1 aromatic heterocycles. The van der Waals surface area contributed by atoms with E-state index in [9.17, 15) is 32.3 Å². The van der Waals surface area contributed by atoms with Crippen LogP contribution in [0.5, 0.6) is 5.75 Å². The van der Waals surface area contributed by atoms with Crippen molar-refractivity contribution >= 4 is 17.5 Å². The predicted octanol–water partition coefficient (Wildman–Crippen LogP) is 3.10. The summed E-state index contributed by atoms with van der Waals surface area (Å²) in [7, 11) is 0. The number of aromatic hydroxyl groups is 1. The van der Waals surface area contributed by atoms with Gasteiger partial charge in [-0.15, -0.1) is 0 Å². The van der Waals surface area contributed by atoms with Crippen LogP contribution in [0.15, 0.2) is 36.5 Å². The summed E-state index contributed by atoms with van der Waals surface area (Å²) in [5, 5.41) is 12.5. The first-order chi connectivity index (χ1) is 14.3. The van der Waals surface area contributed by atoms with Crippen LogP contribution < -0.4 is 11.1 Å². The smallest absolute Gasteiger partial charge is 0.417 e. The molecule has 2 heterocycles. The lowest BCUT2D eigenvalue weighted by Crippen LogP contribution is -2.47. The van der Waals surface area contributed by atoms with Gasteiger partial charge in [-0.05, 0) is 25.1 Å². The van der Waals surface area contributed by atoms with Crippen LogP contribution in [0, 0.1) is 11.7 Å². The van der Waals surface area contributed by atoms with E-state index in [2.05, 4.69) is 10.3 Å². The Labute approximate surface area is 174 Å². The van der Waals surface area contributed by atoms with Gasteiger partial charge < -0.3 is 20.9 Å². The lowest BCUT2D eigenvalue weighted by molar-refractivity contribution is -0.272. The van der Waals surface area contributed by atoms with Crippen molar-refractivity contribution in [2.24, 2.45) is 11.7 Å². The molecular formula is C20H19F4N3O4. The molecule has 2 aromatic rings. The lowest BCUT2D eigenvalue weighted by atomic mass is 9.77. The largest absolute Gasteiger partial charge is 0.508 e. The van der Waals surface area contributed by atoms with Crippen LogP contribution >= 0.6 is 0 Å². The second-order valence-corrected chi connectivity index (χ2v) is 7.44. The van der Waals surface area contributed by atoms with E-state index in [1.54, 1.807) is 0 Å². The van der Waals surface area contributed by atoms with Crippen LogP contribution in [-0.2, 0) is 9.53 Å². The van der Waals surface area contributed by atoms with E-state index in [0.717, 1.165) is 31.2 Å². The standard InChI is InChI=1S/C20H19F4N3O4/c1-9-15(12-4-3-10(21)7-14(12)28)16(31-19(9,2)20(22,23)24)18(30)27-11-5-6-26-13(8-11)17(25)29/h3-9,15-16,28H,1-2H3,(H2,25,29)(H,26,27,30)/t9-,15+,16+,19-/m0/s1. The molecule has 0 radical (unpaired) electrons. The number of nitrogens with two attached hydrogens (primary N) is 1. The number of alkyl halides is 3. The summed E-state index contributed by atoms with van der Waals surface area (Å²) in [4.78, 5) is 27.9. The molecule has 31 heavy (non-hydrogen) atoms. The third kappa shape index (κ3) is 4.05. The van der Waals surface area contributed by atoms with Gasteiger partial charge in [-0.2, -0.15) is 13.2 Å². The minimum absolute atomic E-state index is 0.0606. The number of carbonyl (C=O) groups is 2. The van der Waals surface area contributed by atoms with Gasteiger partial charge in [0.1, 0.15) is 23.4 Å². The van der Waals surface area contributed by atoms with Gasteiger partial charge in [0.2, 0.25) is 0 Å². The average molecular weight is 441 g/mol. The summed E-state index contributed by atoms with van der Waals surface area (Å²) in [6.45, 7) is 2.06. The first kappa shape index (κ1) is 22.5. The van der Waals surface area contributed by atoms with E-state index < -0.39 is 53.1 Å². The number of hydrogen-bond donors (Lipinski definition) is 3. The molecule has 1 aromatic carbocycles. The monoisotopic (exact) mass is 441 g/mol. The Morgan fingerprint density at radius 1 is 1.26 bits per heavy atom. The number of nitrogens with zero attached hydrogens (tertiary/aromatic N) is 1. The van der Waals surface area contributed by atoms with Crippen molar-refractivity contribution in [1.82, 2.24) is 4.98 Å². The summed E-state index contributed by atoms with van der Waals surface area (Å²) in [5.74, 6) is -5.74. The van der Waals surface area contributed by atoms with Gasteiger partial charge in [0.05, 0.1) is 0 Å². The molecule has 0 bridgehead atoms. The SMILES string of the molecule is C[C@H]1[C@H](c2ccc(F)cc2O)[C@H](C(=O)Nc2ccnc(C(N)=O)c2)O[C@]1(C)C(F)(F)F. The van der Waals surface area contributed by atoms with Crippen molar-refractivity contribution in [3.8, 4) is 5.75 Å². The van der Waals surface area contributed by atoms with E-state index in [1.165, 1.54) is 19.2 Å². The number of pyridine rings is 1. The highest BCUT2D eigenvalue weighted by atomic mass is 19.4. The Morgan fingerprint density at radius 3 is 2.52 bits per heavy atom. The molecule has 0 spiro atoms. The van der Waals surface area contributed by atoms with Gasteiger partial charge in [0.25, 0.3) is 11.8 Å². The fourth-order valence-electron chi connectivity index (χ4n) is 3.68. The number of halogens is 4. The Hall–Kier alpha value is -3.21. The van der Waals surface area contributed by atoms with E-state index in [0.29, 0.717) is 0 Å². The Kier molecular flexibility index (Phi) is 5.66. The second-order valence-electron chi connectivity index (χ2n) is 7.44. The molecule has 1 aliphatic rings. The number of nitrogens with one attached hydrogen (secondary N) is 1. The summed E-state index contributed by atoms with van der Waals surface area (Å²) in [5.41, 5.74) is 2.27. The lowest BCUT2D eigenvalue weighted by Gasteiger charge is -2.31. The number of phenols is 1. The number of aromatic nitrogens is 1. The molecule has 0 unspecified atom stereocenters. The maximum absolute atomic E-state index is 13.8. The molecule has 4 N–H and O–H groups in total. The molecule has 4 atom stereocenters. The molecule has 0 saturated carbocycles. The normalized spacial score (nSPS) is 25.9. The number of hydrogen-bond acceptors (Lipinski definition) is 5. The van der Waals surface area contributed by atoms with Crippen LogP contribution in [-0.4, -0.2) is 39.8 Å². The highest BCUT2D eigenvalue weighted by Gasteiger charge is 2.65. The number of rotatable bonds is 4. The topological polar surface area (TPSA) is 115 Å². The number of benzene rings is 1. The van der Waals surface area contributed by atoms with Gasteiger partial charge in [-0.3, -0.25) is 14.6 Å². The van der Waals surface area contributed by atoms with Crippen LogP contribution in [0.3, 0.4) is 0 Å². The number of ether oxygens (including phenoxy) is 1. The third-order valence-electron chi connectivity index (χ3n) is 5.56. The molecule has 1 aliphatic heterocycles. The average Bonchev–Trinajstić information content (AvgIpc) is 2.94. The minimum atomic E-state index is -4.83. The highest BCUT2D eigenvalue weighted by Crippen LogP contribution is 2.54. The zero-order chi connectivity index (χ0) is 23.1. The molecule has 1 saturated heterocycles. The van der Waals surface area contributed by atoms with Crippen LogP contribution in [0.4, 0.5) is 23.2 Å². The Morgan fingerprint density at radius 2 is 1.94 bits per heavy atom. The van der Waals surface area contributed by atoms with Gasteiger partial charge in [-0.1, -0.05) is 13.0 Å². The first-order valence-electron chi connectivity index (χ1n) is 9.15. The van der Waals surface area contributed by atoms with Crippen LogP contribution in [0.1, 0.15) is 35.8 Å². The van der Waals surface area contributed by atoms with Crippen molar-refractivity contribution in [2.75, 3.05) is 5.32 Å². The summed E-state index contributed by atoms with van der Waals surface area (Å²) in [6, 6.07) is 5.32. The second kappa shape index (κ2) is 7.80. The Balaban J connectivity index is 2.01. The number of carbonyl (C=O) groups excluding carboxylic acids is 2. The maximum Gasteiger partial charge on any atom is 0.417 e. The van der Waals surface area contributed by atoms with E-state index in [-0.39, 0.29) is 16.9 Å². The first-order valence-corrected chi connectivity index (χ1v) is 9.15. The fraction of sp³-hybridized carbons (Fsp3) is 0.350. The highest BCUT2D eigenvalue weighted by molar-refractivity contribution is 5.97. The van der Waals surface area contributed by atoms with Crippen LogP contribution in [0.25, 0.3) is 0 Å². The molecule has 11 heteroatoms. The molecule has 0 aliphatic carbocycles. The van der Waals surface area contributed by atoms with E-state index in [1.807, 2.05) is 0 Å². The van der Waals surface area contributed by atoms with E-state index >= 15 is 0 Å². The molecule has 7 nitrogen and oxygen atoms in total. The van der Waals surface area contributed by atoms with Crippen molar-refractivity contribution in [3.05, 3.63) is 53.6 Å². The minimum Gasteiger partial charge on any atom is -0.508 e. The number of amides is 2. The quantitative estimate of drug-likeness (QED) is 0.631. The zero-order valence-electron chi connectivity index (χ0n) is 16.4. The van der Waals surface area contributed by atoms with Gasteiger partial charge in [0, 0.05) is 35.3 Å². The third-order valence-corrected chi connectivity index (χ3v) is 5.56. The summed E-state index contributed by atoms with van der Waals surface area (Å²) < 4.78 is 60.1. The number of anilines is 1. The Bertz CT molecular complexity index is 1030. The number of primary amides is 1. The predicted molar refractivity (Wildman–Crippen MR) is 101 cm³/mol. The fourth-order valence-corrected chi connectivity index (χ4v) is 3.68. The summed E-state index contributed by atoms with van der Waals surface area (Å²) in [6.07, 6.45) is -5.31. The zero-order valence-corrected chi connectivity index (χ0v) is 16.4. The van der Waals surface area contributed by atoms with Gasteiger partial charge >= 0.3 is 6.18 Å². The molecule has 3 rings (SSSR count). The van der Waals surface area contributed by atoms with Crippen molar-refractivity contribution < 1.29 is 37.0 Å². The maximum atomic E-state index is 13.8. The molecule has 166 valence electrons. The molecule has 1 fully saturated rings. The summed E-state index contributed by atoms with van der Waals surface area (Å²) >= 11 is 0. The molecule has 2 amide bonds. The molecular weight excluding hydrogens is 422 g/mol.